The van der Waals surface area contributed by atoms with Crippen molar-refractivity contribution in [3.8, 4) is 11.1 Å². The van der Waals surface area contributed by atoms with Crippen LogP contribution in [-0.4, -0.2) is 80.9 Å². The number of piperidine rings is 1. The first kappa shape index (κ1) is 30.4. The van der Waals surface area contributed by atoms with E-state index in [0.29, 0.717) is 57.6 Å². The number of alkyl halides is 1. The predicted octanol–water partition coefficient (Wildman–Crippen LogP) is 4.67. The smallest absolute Gasteiger partial charge is 0.407 e. The van der Waals surface area contributed by atoms with E-state index in [1.165, 1.54) is 20.3 Å². The number of carbonyl (C=O) groups is 1. The minimum Gasteiger partial charge on any atom is -0.445 e. The Morgan fingerprint density at radius 2 is 1.91 bits per heavy atom. The number of anilines is 1. The van der Waals surface area contributed by atoms with Crippen molar-refractivity contribution in [2.24, 2.45) is 7.05 Å². The van der Waals surface area contributed by atoms with Gasteiger partial charge in [-0.15, -0.1) is 0 Å². The molecule has 0 radical (unpaired) electrons. The highest BCUT2D eigenvalue weighted by Crippen LogP contribution is 2.42. The maximum atomic E-state index is 16.0. The van der Waals surface area contributed by atoms with Crippen molar-refractivity contribution in [2.45, 2.75) is 50.2 Å². The van der Waals surface area contributed by atoms with Gasteiger partial charge in [0, 0.05) is 56.1 Å². The summed E-state index contributed by atoms with van der Waals surface area (Å²) >= 11 is 6.83. The summed E-state index contributed by atoms with van der Waals surface area (Å²) in [4.78, 5) is 23.9. The molecule has 4 atom stereocenters. The highest BCUT2D eigenvalue weighted by molar-refractivity contribution is 7.87. The lowest BCUT2D eigenvalue weighted by Gasteiger charge is -2.41. The topological polar surface area (TPSA) is 127 Å². The van der Waals surface area contributed by atoms with Crippen molar-refractivity contribution < 1.29 is 22.3 Å². The number of hydrogen-bond donors (Lipinski definition) is 1. The number of carbonyl (C=O) groups excluding carboxylic acids is 1. The van der Waals surface area contributed by atoms with Crippen LogP contribution in [0, 0.1) is 0 Å². The van der Waals surface area contributed by atoms with Crippen LogP contribution >= 0.6 is 11.6 Å². The molecule has 1 amide bonds. The predicted molar refractivity (Wildman–Crippen MR) is 173 cm³/mol. The molecule has 3 aromatic heterocycles. The van der Waals surface area contributed by atoms with Crippen LogP contribution < -0.4 is 10.2 Å². The highest BCUT2D eigenvalue weighted by atomic mass is 35.5. The second-order valence-corrected chi connectivity index (χ2v) is 14.3. The molecule has 2 saturated heterocycles. The molecule has 2 aromatic carbocycles. The molecule has 2 fully saturated rings. The Morgan fingerprint density at radius 3 is 2.67 bits per heavy atom. The number of benzene rings is 2. The summed E-state index contributed by atoms with van der Waals surface area (Å²) in [5.74, 6) is 0.362. The molecule has 1 N–H and O–H groups in total. The Labute approximate surface area is 269 Å². The lowest BCUT2D eigenvalue weighted by Crippen LogP contribution is -2.58. The van der Waals surface area contributed by atoms with Crippen LogP contribution in [0.4, 0.5) is 15.0 Å². The molecule has 7 rings (SSSR count). The van der Waals surface area contributed by atoms with E-state index < -0.39 is 34.6 Å². The lowest BCUT2D eigenvalue weighted by molar-refractivity contribution is 0.117. The van der Waals surface area contributed by atoms with Gasteiger partial charge >= 0.3 is 16.3 Å². The van der Waals surface area contributed by atoms with Gasteiger partial charge in [-0.2, -0.15) is 17.8 Å². The molecular formula is C31H32ClFN8O4S. The fraction of sp³-hybridized carbons (Fsp3) is 0.355. The third kappa shape index (κ3) is 5.13. The van der Waals surface area contributed by atoms with Crippen LogP contribution in [0.2, 0.25) is 5.02 Å². The van der Waals surface area contributed by atoms with Crippen molar-refractivity contribution in [3.05, 3.63) is 71.6 Å². The van der Waals surface area contributed by atoms with E-state index in [1.54, 1.807) is 30.2 Å². The summed E-state index contributed by atoms with van der Waals surface area (Å²) in [7, 11) is 0.638. The summed E-state index contributed by atoms with van der Waals surface area (Å²) in [5, 5.41) is 8.25. The third-order valence-corrected chi connectivity index (χ3v) is 10.9. The average molecular weight is 667 g/mol. The Bertz CT molecular complexity index is 2070. The minimum absolute atomic E-state index is 0.0870. The van der Waals surface area contributed by atoms with Crippen LogP contribution in [0.3, 0.4) is 0 Å². The quantitative estimate of drug-likeness (QED) is 0.266. The number of aromatic nitrogens is 5. The van der Waals surface area contributed by atoms with Gasteiger partial charge in [0.15, 0.2) is 5.65 Å². The van der Waals surface area contributed by atoms with Crippen LogP contribution in [0.5, 0.6) is 0 Å². The SMILES string of the molecule is CN(C)S(=O)(=O)n1cc(-c2ccc3nn(C)cc3c2Cl)c2ncc(N3[C@@H]4CC[C@H]3[C@H](F)[C@H](NC(=O)OCc3ccccc3)C4)nc21. The zero-order valence-corrected chi connectivity index (χ0v) is 26.9. The van der Waals surface area contributed by atoms with Gasteiger partial charge in [0.25, 0.3) is 0 Å². The molecule has 2 aliphatic rings. The number of rotatable bonds is 7. The molecule has 0 aliphatic carbocycles. The molecule has 0 spiro atoms. The Morgan fingerprint density at radius 1 is 1.13 bits per heavy atom. The number of alkyl carbamates (subject to hydrolysis) is 1. The number of hydrogen-bond acceptors (Lipinski definition) is 8. The van der Waals surface area contributed by atoms with Gasteiger partial charge in [0.2, 0.25) is 0 Å². The number of halogens is 2. The van der Waals surface area contributed by atoms with E-state index in [9.17, 15) is 13.2 Å². The molecule has 240 valence electrons. The second kappa shape index (κ2) is 11.5. The average Bonchev–Trinajstić information content (AvgIpc) is 3.72. The molecular weight excluding hydrogens is 635 g/mol. The number of ether oxygens (including phenoxy) is 1. The summed E-state index contributed by atoms with van der Waals surface area (Å²) in [6.07, 6.45) is 4.31. The standard InChI is InChI=1S/C31H32ClFN8O4S/c1-38(2)46(43,44)40-16-21(20-10-11-23-22(27(20)32)15-39(3)37-23)29-30(40)36-26(14-34-29)41-19-9-12-25(41)28(33)24(13-19)35-31(42)45-17-18-7-5-4-6-8-18/h4-8,10-11,14-16,19,24-25,28H,9,12-13,17H2,1-3H3,(H,35,42)/t19-,24-,25+,28-/m1/s1. The largest absolute Gasteiger partial charge is 0.445 e. The molecule has 12 nitrogen and oxygen atoms in total. The van der Waals surface area contributed by atoms with Crippen molar-refractivity contribution in [1.82, 2.24) is 33.3 Å². The van der Waals surface area contributed by atoms with E-state index in [4.69, 9.17) is 26.3 Å². The fourth-order valence-electron chi connectivity index (χ4n) is 6.57. The van der Waals surface area contributed by atoms with E-state index in [1.807, 2.05) is 41.3 Å². The van der Waals surface area contributed by atoms with Crippen molar-refractivity contribution in [2.75, 3.05) is 19.0 Å². The fourth-order valence-corrected chi connectivity index (χ4v) is 7.82. The van der Waals surface area contributed by atoms with Crippen molar-refractivity contribution in [3.63, 3.8) is 0 Å². The van der Waals surface area contributed by atoms with Crippen LogP contribution in [-0.2, 0) is 28.6 Å². The van der Waals surface area contributed by atoms with E-state index >= 15 is 4.39 Å². The van der Waals surface area contributed by atoms with Crippen LogP contribution in [0.15, 0.2) is 61.1 Å². The van der Waals surface area contributed by atoms with Crippen LogP contribution in [0.1, 0.15) is 24.8 Å². The first-order valence-electron chi connectivity index (χ1n) is 14.9. The lowest BCUT2D eigenvalue weighted by atomic mass is 9.95. The van der Waals surface area contributed by atoms with Gasteiger partial charge in [0.1, 0.15) is 24.1 Å². The van der Waals surface area contributed by atoms with Gasteiger partial charge < -0.3 is 15.0 Å². The second-order valence-electron chi connectivity index (χ2n) is 11.9. The van der Waals surface area contributed by atoms with Crippen LogP contribution in [0.25, 0.3) is 33.2 Å². The summed E-state index contributed by atoms with van der Waals surface area (Å²) < 4.78 is 52.2. The number of nitrogens with one attached hydrogen (secondary N) is 1. The van der Waals surface area contributed by atoms with E-state index in [0.717, 1.165) is 13.8 Å². The van der Waals surface area contributed by atoms with Gasteiger partial charge in [-0.1, -0.05) is 48.0 Å². The third-order valence-electron chi connectivity index (χ3n) is 8.79. The summed E-state index contributed by atoms with van der Waals surface area (Å²) in [6.45, 7) is 0.0870. The molecule has 15 heteroatoms. The molecule has 5 heterocycles. The Balaban J connectivity index is 1.21. The Hall–Kier alpha value is -4.27. The monoisotopic (exact) mass is 666 g/mol. The van der Waals surface area contributed by atoms with Crippen molar-refractivity contribution in [1.29, 1.82) is 0 Å². The number of fused-ring (bicyclic) bond motifs is 4. The highest BCUT2D eigenvalue weighted by Gasteiger charge is 2.49. The number of aryl methyl sites for hydroxylation is 1. The van der Waals surface area contributed by atoms with Gasteiger partial charge in [-0.05, 0) is 30.9 Å². The normalized spacial score (nSPS) is 21.4. The Kier molecular flexibility index (Phi) is 7.60. The van der Waals surface area contributed by atoms with Gasteiger partial charge in [-0.3, -0.25) is 4.68 Å². The van der Waals surface area contributed by atoms with E-state index in [2.05, 4.69) is 10.4 Å². The van der Waals surface area contributed by atoms with Crippen molar-refractivity contribution >= 4 is 55.8 Å². The molecule has 0 unspecified atom stereocenters. The zero-order chi connectivity index (χ0) is 32.3. The first-order chi connectivity index (χ1) is 22.0. The maximum absolute atomic E-state index is 16.0. The van der Waals surface area contributed by atoms with Gasteiger partial charge in [-0.25, -0.2) is 23.1 Å². The first-order valence-corrected chi connectivity index (χ1v) is 16.6. The minimum atomic E-state index is -4.03. The molecule has 46 heavy (non-hydrogen) atoms. The number of nitrogens with zero attached hydrogens (tertiary/aromatic N) is 7. The maximum Gasteiger partial charge on any atom is 0.407 e. The molecule has 0 saturated carbocycles. The zero-order valence-electron chi connectivity index (χ0n) is 25.3. The molecule has 2 aliphatic heterocycles. The van der Waals surface area contributed by atoms with E-state index in [-0.39, 0.29) is 18.3 Å². The summed E-state index contributed by atoms with van der Waals surface area (Å²) in [6, 6.07) is 11.4. The van der Waals surface area contributed by atoms with Gasteiger partial charge in [0.05, 0.1) is 28.8 Å². The molecule has 2 bridgehead atoms. The number of amides is 1. The summed E-state index contributed by atoms with van der Waals surface area (Å²) in [5.41, 5.74) is 3.04. The molecule has 5 aromatic rings.